The predicted octanol–water partition coefficient (Wildman–Crippen LogP) is 1.04. The Labute approximate surface area is 127 Å². The summed E-state index contributed by atoms with van der Waals surface area (Å²) in [5, 5.41) is 0. The van der Waals surface area contributed by atoms with E-state index in [9.17, 15) is 9.59 Å². The Morgan fingerprint density at radius 2 is 1.88 bits per heavy atom. The van der Waals surface area contributed by atoms with Gasteiger partial charge in [-0.15, -0.1) is 0 Å². The summed E-state index contributed by atoms with van der Waals surface area (Å²) in [5.74, 6) is 0.196. The summed E-state index contributed by atoms with van der Waals surface area (Å²) in [6.45, 7) is 1.30. The largest absolute Gasteiger partial charge is 2.00 e. The number of anilines is 1. The monoisotopic (exact) mass is 249 g/mol. The number of rotatable bonds is 5. The van der Waals surface area contributed by atoms with Crippen LogP contribution < -0.4 is 10.5 Å². The van der Waals surface area contributed by atoms with Gasteiger partial charge in [0.15, 0.2) is 5.78 Å². The van der Waals surface area contributed by atoms with Crippen molar-refractivity contribution in [3.05, 3.63) is 24.3 Å². The van der Waals surface area contributed by atoms with E-state index in [0.717, 1.165) is 0 Å². The van der Waals surface area contributed by atoms with E-state index in [1.54, 1.807) is 24.3 Å². The zero-order chi connectivity index (χ0) is 11.3. The first-order valence-corrected chi connectivity index (χ1v) is 4.57. The summed E-state index contributed by atoms with van der Waals surface area (Å²) in [4.78, 5) is 21.7. The summed E-state index contributed by atoms with van der Waals surface area (Å²) < 4.78 is 5.17. The second-order valence-electron chi connectivity index (χ2n) is 3.28. The molecule has 5 heteroatoms. The molecular weight excluding hydrogens is 234 g/mol. The Balaban J connectivity index is -0.000000750. The van der Waals surface area contributed by atoms with Crippen molar-refractivity contribution in [2.75, 3.05) is 12.3 Å². The van der Waals surface area contributed by atoms with E-state index in [1.165, 1.54) is 6.92 Å². The van der Waals surface area contributed by atoms with Gasteiger partial charge in [-0.3, -0.25) is 9.59 Å². The molecule has 0 unspecified atom stereocenters. The normalized spacial score (nSPS) is 9.06. The molecular formula is C11H15CaNO3. The number of carbonyl (C=O) groups is 2. The van der Waals surface area contributed by atoms with Crippen LogP contribution >= 0.6 is 0 Å². The van der Waals surface area contributed by atoms with Crippen LogP contribution in [0.1, 0.15) is 16.2 Å². The summed E-state index contributed by atoms with van der Waals surface area (Å²) in [5.41, 5.74) is 6.12. The Kier molecular flexibility index (Phi) is 7.38. The van der Waals surface area contributed by atoms with Crippen molar-refractivity contribution in [1.29, 1.82) is 0 Å². The molecule has 0 aliphatic rings. The van der Waals surface area contributed by atoms with Crippen LogP contribution in [0.5, 0.6) is 5.75 Å². The minimum absolute atomic E-state index is 0. The third-order valence-corrected chi connectivity index (χ3v) is 1.73. The maximum atomic E-state index is 11.1. The number of nitrogens with two attached hydrogens (primary N) is 1. The fourth-order valence-electron chi connectivity index (χ4n) is 1.06. The average molecular weight is 249 g/mol. The minimum Gasteiger partial charge on any atom is -1.00 e. The van der Waals surface area contributed by atoms with Gasteiger partial charge in [0, 0.05) is 5.69 Å². The van der Waals surface area contributed by atoms with Crippen LogP contribution in [-0.4, -0.2) is 55.9 Å². The van der Waals surface area contributed by atoms with E-state index in [2.05, 4.69) is 0 Å². The maximum Gasteiger partial charge on any atom is 2.00 e. The summed E-state index contributed by atoms with van der Waals surface area (Å²) >= 11 is 0. The second-order valence-corrected chi connectivity index (χ2v) is 3.28. The van der Waals surface area contributed by atoms with Crippen LogP contribution in [-0.2, 0) is 9.59 Å². The number of benzene rings is 1. The molecule has 1 rings (SSSR count). The first kappa shape index (κ1) is 15.4. The first-order valence-electron chi connectivity index (χ1n) is 4.57. The molecule has 0 aliphatic heterocycles. The number of Topliss-reactive ketones (excluding diaryl/α,β-unsaturated/α-hetero) is 2. The molecule has 4 nitrogen and oxygen atoms in total. The molecule has 0 aliphatic carbocycles. The van der Waals surface area contributed by atoms with E-state index in [0.29, 0.717) is 11.4 Å². The van der Waals surface area contributed by atoms with Gasteiger partial charge in [0.05, 0.1) is 6.42 Å². The molecule has 0 saturated carbocycles. The molecule has 0 saturated heterocycles. The number of ketones is 2. The molecule has 1 aromatic carbocycles. The predicted molar refractivity (Wildman–Crippen MR) is 64.6 cm³/mol. The first-order chi connectivity index (χ1) is 7.08. The van der Waals surface area contributed by atoms with Crippen molar-refractivity contribution >= 4 is 55.0 Å². The van der Waals surface area contributed by atoms with Crippen LogP contribution in [0.3, 0.4) is 0 Å². The molecule has 16 heavy (non-hydrogen) atoms. The number of nitrogen functional groups attached to an aromatic ring is 1. The number of carbonyl (C=O) groups excluding carboxylic acids is 2. The zero-order valence-electron chi connectivity index (χ0n) is 11.2. The fourth-order valence-corrected chi connectivity index (χ4v) is 1.06. The van der Waals surface area contributed by atoms with Crippen LogP contribution in [0.15, 0.2) is 24.3 Å². The fraction of sp³-hybridized carbons (Fsp3) is 0.273. The van der Waals surface area contributed by atoms with E-state index in [4.69, 9.17) is 10.5 Å². The van der Waals surface area contributed by atoms with Crippen LogP contribution in [0, 0.1) is 0 Å². The van der Waals surface area contributed by atoms with Gasteiger partial charge in [0.1, 0.15) is 18.1 Å². The SMILES string of the molecule is CC(=O)CC(=O)COc1ccc(N)cc1.[Ca+2].[H-].[H-]. The average Bonchev–Trinajstić information content (AvgIpc) is 2.16. The van der Waals surface area contributed by atoms with Crippen molar-refractivity contribution in [2.45, 2.75) is 13.3 Å². The van der Waals surface area contributed by atoms with Gasteiger partial charge < -0.3 is 13.3 Å². The summed E-state index contributed by atoms with van der Waals surface area (Å²) in [6.07, 6.45) is -0.0744. The van der Waals surface area contributed by atoms with Gasteiger partial charge in [-0.25, -0.2) is 0 Å². The topological polar surface area (TPSA) is 69.4 Å². The van der Waals surface area contributed by atoms with Crippen LogP contribution in [0.4, 0.5) is 5.69 Å². The molecule has 0 heterocycles. The van der Waals surface area contributed by atoms with Crippen molar-refractivity contribution in [2.24, 2.45) is 0 Å². The van der Waals surface area contributed by atoms with Gasteiger partial charge in [-0.05, 0) is 31.2 Å². The van der Waals surface area contributed by atoms with Gasteiger partial charge in [0.2, 0.25) is 0 Å². The minimum atomic E-state index is -0.223. The zero-order valence-corrected chi connectivity index (χ0v) is 11.4. The van der Waals surface area contributed by atoms with Crippen LogP contribution in [0.25, 0.3) is 0 Å². The van der Waals surface area contributed by atoms with E-state index in [1.807, 2.05) is 0 Å². The van der Waals surface area contributed by atoms with Crippen LogP contribution in [0.2, 0.25) is 0 Å². The molecule has 0 bridgehead atoms. The third kappa shape index (κ3) is 6.10. The molecule has 1 aromatic rings. The quantitative estimate of drug-likeness (QED) is 0.481. The van der Waals surface area contributed by atoms with Crippen molar-refractivity contribution in [3.63, 3.8) is 0 Å². The molecule has 0 radical (unpaired) electrons. The summed E-state index contributed by atoms with van der Waals surface area (Å²) in [7, 11) is 0. The van der Waals surface area contributed by atoms with Gasteiger partial charge in [0.25, 0.3) is 0 Å². The van der Waals surface area contributed by atoms with Crippen molar-refractivity contribution in [3.8, 4) is 5.75 Å². The number of hydrogen-bond donors (Lipinski definition) is 1. The molecule has 0 fully saturated rings. The molecule has 2 N–H and O–H groups in total. The Morgan fingerprint density at radius 3 is 2.38 bits per heavy atom. The van der Waals surface area contributed by atoms with Gasteiger partial charge in [-0.1, -0.05) is 0 Å². The summed E-state index contributed by atoms with van der Waals surface area (Å²) in [6, 6.07) is 6.72. The van der Waals surface area contributed by atoms with Crippen molar-refractivity contribution in [1.82, 2.24) is 0 Å². The number of hydrogen-bond acceptors (Lipinski definition) is 4. The van der Waals surface area contributed by atoms with E-state index in [-0.39, 0.29) is 65.2 Å². The molecule has 0 atom stereocenters. The Hall–Kier alpha value is -0.580. The van der Waals surface area contributed by atoms with Gasteiger partial charge >= 0.3 is 37.7 Å². The van der Waals surface area contributed by atoms with Crippen molar-refractivity contribution < 1.29 is 17.2 Å². The van der Waals surface area contributed by atoms with Gasteiger partial charge in [-0.2, -0.15) is 0 Å². The number of ether oxygens (including phenoxy) is 1. The standard InChI is InChI=1S/C11H13NO3.Ca.2H/c1-8(13)6-10(14)7-15-11-4-2-9(12)3-5-11;;;/h2-5H,6-7,12H2,1H3;;;/q;+2;2*-1. The molecule has 0 spiro atoms. The van der Waals surface area contributed by atoms with E-state index >= 15 is 0 Å². The Morgan fingerprint density at radius 1 is 1.31 bits per heavy atom. The molecule has 84 valence electrons. The Bertz CT molecular complexity index is 371. The third-order valence-electron chi connectivity index (χ3n) is 1.73. The molecule has 0 aromatic heterocycles. The smallest absolute Gasteiger partial charge is 1.00 e. The molecule has 0 amide bonds. The maximum absolute atomic E-state index is 11.1. The second kappa shape index (κ2) is 7.65. The van der Waals surface area contributed by atoms with E-state index < -0.39 is 0 Å².